The fourth-order valence-electron chi connectivity index (χ4n) is 4.01. The molecular formula is C17H20BrN5O2. The Labute approximate surface area is 154 Å². The summed E-state index contributed by atoms with van der Waals surface area (Å²) in [7, 11) is 0. The van der Waals surface area contributed by atoms with Crippen LogP contribution in [0.2, 0.25) is 0 Å². The van der Waals surface area contributed by atoms with Crippen molar-refractivity contribution < 1.29 is 9.53 Å². The summed E-state index contributed by atoms with van der Waals surface area (Å²) in [5, 5.41) is 8.49. The van der Waals surface area contributed by atoms with Crippen molar-refractivity contribution in [3.05, 3.63) is 40.0 Å². The van der Waals surface area contributed by atoms with Crippen LogP contribution < -0.4 is 21.1 Å². The maximum atomic E-state index is 12.6. The minimum atomic E-state index is -0.194. The second-order valence-electron chi connectivity index (χ2n) is 7.06. The van der Waals surface area contributed by atoms with Gasteiger partial charge in [0, 0.05) is 30.2 Å². The Balaban J connectivity index is 1.34. The molecule has 4 fully saturated rings. The quantitative estimate of drug-likeness (QED) is 0.675. The third-order valence-electron chi connectivity index (χ3n) is 5.27. The van der Waals surface area contributed by atoms with Crippen molar-refractivity contribution in [1.82, 2.24) is 21.0 Å². The zero-order valence-electron chi connectivity index (χ0n) is 13.8. The molecule has 6 rings (SSSR count). The van der Waals surface area contributed by atoms with Crippen molar-refractivity contribution in [2.24, 2.45) is 0 Å². The van der Waals surface area contributed by atoms with Crippen LogP contribution in [0.25, 0.3) is 0 Å². The molecule has 5 heterocycles. The number of morpholine rings is 1. The molecule has 0 spiro atoms. The van der Waals surface area contributed by atoms with Crippen LogP contribution in [0, 0.1) is 6.92 Å². The zero-order chi connectivity index (χ0) is 17.1. The Morgan fingerprint density at radius 3 is 2.76 bits per heavy atom. The van der Waals surface area contributed by atoms with Crippen LogP contribution in [0.1, 0.15) is 12.0 Å². The number of rotatable bonds is 2. The highest BCUT2D eigenvalue weighted by Crippen LogP contribution is 2.30. The summed E-state index contributed by atoms with van der Waals surface area (Å²) in [6, 6.07) is 6.10. The van der Waals surface area contributed by atoms with Crippen LogP contribution in [0.3, 0.4) is 0 Å². The summed E-state index contributed by atoms with van der Waals surface area (Å²) in [6.45, 7) is 3.77. The lowest BCUT2D eigenvalue weighted by atomic mass is 9.98. The summed E-state index contributed by atoms with van der Waals surface area (Å²) in [6.07, 6.45) is 3.28. The van der Waals surface area contributed by atoms with E-state index in [4.69, 9.17) is 4.74 Å². The van der Waals surface area contributed by atoms with Crippen LogP contribution in [-0.2, 0) is 9.53 Å². The molecule has 4 unspecified atom stereocenters. The van der Waals surface area contributed by atoms with Gasteiger partial charge >= 0.3 is 0 Å². The number of carbonyl (C=O) groups is 1. The lowest BCUT2D eigenvalue weighted by molar-refractivity contribution is -0.194. The van der Waals surface area contributed by atoms with Crippen molar-refractivity contribution in [3.8, 4) is 0 Å². The van der Waals surface area contributed by atoms with Crippen molar-refractivity contribution in [3.63, 3.8) is 0 Å². The topological polar surface area (TPSA) is 68.9 Å². The fraction of sp³-hybridized carbons (Fsp3) is 0.471. The van der Waals surface area contributed by atoms with Gasteiger partial charge in [0.05, 0.1) is 23.5 Å². The first-order valence-electron chi connectivity index (χ1n) is 8.56. The standard InChI is InChI=1S/C17H20BrN5O2/c1-9-4-10(18)2-3-14(9)23-8-13-15(21-23)19-17(20-16(13)24)22-6-11-5-12(7-22)25-11/h2-4,8,11-12,15,17,19,21H,5-7H2,1H3,(H,20,24). The number of hydrogen-bond acceptors (Lipinski definition) is 6. The predicted octanol–water partition coefficient (Wildman–Crippen LogP) is 0.768. The molecule has 2 bridgehead atoms. The van der Waals surface area contributed by atoms with Crippen molar-refractivity contribution in [2.75, 3.05) is 18.1 Å². The number of carbonyl (C=O) groups excluding carboxylic acids is 1. The Hall–Kier alpha value is -1.45. The number of fused-ring (bicyclic) bond motifs is 3. The molecular weight excluding hydrogens is 386 g/mol. The molecule has 3 N–H and O–H groups in total. The molecule has 8 heteroatoms. The summed E-state index contributed by atoms with van der Waals surface area (Å²) < 4.78 is 6.73. The SMILES string of the molecule is Cc1cc(Br)ccc1N1C=C2C(=O)NC(N3CC4CC(C3)O4)NC2N1. The van der Waals surface area contributed by atoms with Crippen molar-refractivity contribution in [1.29, 1.82) is 0 Å². The van der Waals surface area contributed by atoms with Gasteiger partial charge in [-0.1, -0.05) is 15.9 Å². The summed E-state index contributed by atoms with van der Waals surface area (Å²) in [5.74, 6) is -0.0290. The van der Waals surface area contributed by atoms with Gasteiger partial charge in [-0.15, -0.1) is 0 Å². The number of aryl methyl sites for hydroxylation is 1. The Morgan fingerprint density at radius 1 is 1.28 bits per heavy atom. The maximum Gasteiger partial charge on any atom is 0.254 e. The fourth-order valence-corrected chi connectivity index (χ4v) is 4.48. The summed E-state index contributed by atoms with van der Waals surface area (Å²) in [4.78, 5) is 14.8. The first-order valence-corrected chi connectivity index (χ1v) is 9.36. The van der Waals surface area contributed by atoms with Gasteiger partial charge in [0.25, 0.3) is 5.91 Å². The largest absolute Gasteiger partial charge is 0.372 e. The second kappa shape index (κ2) is 5.78. The van der Waals surface area contributed by atoms with E-state index in [1.54, 1.807) is 0 Å². The Kier molecular flexibility index (Phi) is 3.65. The molecule has 1 aromatic rings. The van der Waals surface area contributed by atoms with Gasteiger partial charge in [-0.05, 0) is 30.7 Å². The number of halogens is 1. The van der Waals surface area contributed by atoms with Gasteiger partial charge < -0.3 is 10.1 Å². The highest BCUT2D eigenvalue weighted by Gasteiger charge is 2.44. The Morgan fingerprint density at radius 2 is 2.04 bits per heavy atom. The lowest BCUT2D eigenvalue weighted by Gasteiger charge is -2.50. The first kappa shape index (κ1) is 15.8. The van der Waals surface area contributed by atoms with E-state index in [1.165, 1.54) is 0 Å². The van der Waals surface area contributed by atoms with E-state index >= 15 is 0 Å². The van der Waals surface area contributed by atoms with Gasteiger partial charge in [0.2, 0.25) is 0 Å². The number of ether oxygens (including phenoxy) is 1. The van der Waals surface area contributed by atoms with Crippen LogP contribution in [0.15, 0.2) is 34.4 Å². The van der Waals surface area contributed by atoms with Crippen LogP contribution in [0.5, 0.6) is 0 Å². The van der Waals surface area contributed by atoms with Crippen LogP contribution in [0.4, 0.5) is 5.69 Å². The predicted molar refractivity (Wildman–Crippen MR) is 96.3 cm³/mol. The molecule has 1 aromatic carbocycles. The van der Waals surface area contributed by atoms with E-state index in [0.29, 0.717) is 17.8 Å². The summed E-state index contributed by atoms with van der Waals surface area (Å²) in [5.41, 5.74) is 6.25. The van der Waals surface area contributed by atoms with Crippen molar-refractivity contribution in [2.45, 2.75) is 38.0 Å². The molecule has 5 aliphatic rings. The molecule has 0 saturated carbocycles. The molecule has 5 aliphatic heterocycles. The second-order valence-corrected chi connectivity index (χ2v) is 7.98. The van der Waals surface area contributed by atoms with E-state index in [9.17, 15) is 4.79 Å². The third kappa shape index (κ3) is 2.69. The van der Waals surface area contributed by atoms with E-state index in [2.05, 4.69) is 49.9 Å². The summed E-state index contributed by atoms with van der Waals surface area (Å²) >= 11 is 3.49. The molecule has 0 radical (unpaired) electrons. The highest BCUT2D eigenvalue weighted by atomic mass is 79.9. The average molecular weight is 406 g/mol. The van der Waals surface area contributed by atoms with Gasteiger partial charge in [-0.3, -0.25) is 20.0 Å². The molecule has 7 nitrogen and oxygen atoms in total. The molecule has 1 amide bonds. The van der Waals surface area contributed by atoms with E-state index in [-0.39, 0.29) is 18.4 Å². The number of nitrogens with one attached hydrogen (secondary N) is 3. The third-order valence-corrected chi connectivity index (χ3v) is 5.77. The smallest absolute Gasteiger partial charge is 0.254 e. The van der Waals surface area contributed by atoms with Crippen LogP contribution in [-0.4, -0.2) is 48.6 Å². The Bertz CT molecular complexity index is 753. The molecule has 4 saturated heterocycles. The van der Waals surface area contributed by atoms with Crippen LogP contribution >= 0.6 is 15.9 Å². The van der Waals surface area contributed by atoms with E-state index in [1.807, 2.05) is 23.3 Å². The lowest BCUT2D eigenvalue weighted by Crippen LogP contribution is -2.71. The number of nitrogens with zero attached hydrogens (tertiary/aromatic N) is 2. The zero-order valence-corrected chi connectivity index (χ0v) is 15.4. The van der Waals surface area contributed by atoms with Gasteiger partial charge in [0.15, 0.2) is 0 Å². The number of piperidine rings is 1. The first-order chi connectivity index (χ1) is 12.1. The maximum absolute atomic E-state index is 12.6. The normalized spacial score (nSPS) is 34.2. The highest BCUT2D eigenvalue weighted by molar-refractivity contribution is 9.10. The number of hydrazine groups is 1. The van der Waals surface area contributed by atoms with Gasteiger partial charge in [-0.25, -0.2) is 5.43 Å². The van der Waals surface area contributed by atoms with E-state index < -0.39 is 0 Å². The number of anilines is 1. The number of benzene rings is 1. The molecule has 0 aromatic heterocycles. The molecule has 132 valence electrons. The average Bonchev–Trinajstić information content (AvgIpc) is 2.98. The number of hydrogen-bond donors (Lipinski definition) is 3. The van der Waals surface area contributed by atoms with E-state index in [0.717, 1.165) is 35.2 Å². The molecule has 0 aliphatic carbocycles. The van der Waals surface area contributed by atoms with Gasteiger partial charge in [-0.2, -0.15) is 0 Å². The molecule has 25 heavy (non-hydrogen) atoms. The van der Waals surface area contributed by atoms with Gasteiger partial charge in [0.1, 0.15) is 12.5 Å². The monoisotopic (exact) mass is 405 g/mol. The minimum Gasteiger partial charge on any atom is -0.372 e. The number of amides is 1. The molecule has 4 atom stereocenters. The minimum absolute atomic E-state index is 0.0290. The van der Waals surface area contributed by atoms with Crippen molar-refractivity contribution >= 4 is 27.5 Å².